The average molecular weight is 231 g/mol. The predicted molar refractivity (Wildman–Crippen MR) is 70.3 cm³/mol. The molecule has 0 aromatic heterocycles. The molecule has 1 aromatic rings. The Morgan fingerprint density at radius 3 is 2.41 bits per heavy atom. The van der Waals surface area contributed by atoms with Crippen LogP contribution in [-0.4, -0.2) is 19.9 Å². The van der Waals surface area contributed by atoms with Crippen LogP contribution >= 0.6 is 0 Å². The maximum absolute atomic E-state index is 7.93. The van der Waals surface area contributed by atoms with Crippen LogP contribution in [0.1, 0.15) is 5.56 Å². The lowest BCUT2D eigenvalue weighted by Crippen LogP contribution is -2.15. The lowest BCUT2D eigenvalue weighted by Gasteiger charge is -2.07. The molecule has 1 aromatic carbocycles. The highest BCUT2D eigenvalue weighted by Gasteiger charge is 2.02. The van der Waals surface area contributed by atoms with Crippen molar-refractivity contribution in [1.29, 1.82) is 5.41 Å². The standard InChI is InChI=1S/C13H17N3O/c1-9(14)13(16-2)8-12(15)10-4-6-11(17-3)7-5-10/h4-8,15-16H,1,14H2,2-3H3/b13-8-,15-12?. The highest BCUT2D eigenvalue weighted by molar-refractivity contribution is 6.07. The first kappa shape index (κ1) is 12.8. The summed E-state index contributed by atoms with van der Waals surface area (Å²) >= 11 is 0. The van der Waals surface area contributed by atoms with Crippen molar-refractivity contribution >= 4 is 5.71 Å². The van der Waals surface area contributed by atoms with Gasteiger partial charge in [0.05, 0.1) is 18.5 Å². The lowest BCUT2D eigenvalue weighted by atomic mass is 10.1. The molecule has 4 nitrogen and oxygen atoms in total. The smallest absolute Gasteiger partial charge is 0.118 e. The molecule has 90 valence electrons. The molecule has 0 radical (unpaired) electrons. The zero-order valence-electron chi connectivity index (χ0n) is 10.1. The van der Waals surface area contributed by atoms with E-state index in [2.05, 4.69) is 11.9 Å². The van der Waals surface area contributed by atoms with E-state index in [1.165, 1.54) is 0 Å². The molecule has 0 aliphatic rings. The van der Waals surface area contributed by atoms with Crippen molar-refractivity contribution in [3.8, 4) is 5.75 Å². The Morgan fingerprint density at radius 2 is 2.00 bits per heavy atom. The number of likely N-dealkylation sites (N-methyl/N-ethyl adjacent to an activating group) is 1. The van der Waals surface area contributed by atoms with Crippen LogP contribution in [0.25, 0.3) is 0 Å². The monoisotopic (exact) mass is 231 g/mol. The SMILES string of the molecule is C=C(N)/C(=C/C(=N)c1ccc(OC)cc1)NC. The van der Waals surface area contributed by atoms with Crippen molar-refractivity contribution in [2.45, 2.75) is 0 Å². The van der Waals surface area contributed by atoms with Crippen LogP contribution in [0.2, 0.25) is 0 Å². The van der Waals surface area contributed by atoms with Crippen LogP contribution < -0.4 is 15.8 Å². The molecule has 0 aliphatic carbocycles. The maximum Gasteiger partial charge on any atom is 0.118 e. The largest absolute Gasteiger partial charge is 0.497 e. The molecule has 17 heavy (non-hydrogen) atoms. The Bertz CT molecular complexity index is 446. The van der Waals surface area contributed by atoms with Crippen molar-refractivity contribution in [1.82, 2.24) is 5.32 Å². The number of benzene rings is 1. The fourth-order valence-electron chi connectivity index (χ4n) is 1.32. The number of methoxy groups -OCH3 is 1. The Morgan fingerprint density at radius 1 is 1.41 bits per heavy atom. The molecule has 0 heterocycles. The third-order valence-electron chi connectivity index (χ3n) is 2.30. The summed E-state index contributed by atoms with van der Waals surface area (Å²) in [5.74, 6) is 0.766. The van der Waals surface area contributed by atoms with Crippen molar-refractivity contribution < 1.29 is 4.74 Å². The third kappa shape index (κ3) is 3.38. The van der Waals surface area contributed by atoms with Gasteiger partial charge < -0.3 is 21.2 Å². The molecule has 4 heteroatoms. The number of rotatable bonds is 5. The van der Waals surface area contributed by atoms with Gasteiger partial charge in [-0.15, -0.1) is 0 Å². The first-order chi connectivity index (χ1) is 8.08. The van der Waals surface area contributed by atoms with Gasteiger partial charge in [-0.25, -0.2) is 0 Å². The molecule has 1 rings (SSSR count). The van der Waals surface area contributed by atoms with Gasteiger partial charge >= 0.3 is 0 Å². The summed E-state index contributed by atoms with van der Waals surface area (Å²) in [6, 6.07) is 7.27. The van der Waals surface area contributed by atoms with Gasteiger partial charge in [0.25, 0.3) is 0 Å². The fraction of sp³-hybridized carbons (Fsp3) is 0.154. The topological polar surface area (TPSA) is 71.1 Å². The summed E-state index contributed by atoms with van der Waals surface area (Å²) in [6.07, 6.45) is 1.64. The molecule has 0 amide bonds. The Hall–Kier alpha value is -2.23. The number of hydrogen-bond acceptors (Lipinski definition) is 4. The summed E-state index contributed by atoms with van der Waals surface area (Å²) in [7, 11) is 3.35. The second-order valence-electron chi connectivity index (χ2n) is 3.48. The van der Waals surface area contributed by atoms with Gasteiger partial charge in [0, 0.05) is 12.7 Å². The molecule has 0 unspecified atom stereocenters. The van der Waals surface area contributed by atoms with E-state index in [9.17, 15) is 0 Å². The van der Waals surface area contributed by atoms with E-state index < -0.39 is 0 Å². The molecule has 4 N–H and O–H groups in total. The second kappa shape index (κ2) is 5.75. The number of hydrogen-bond donors (Lipinski definition) is 3. The molecule has 0 aliphatic heterocycles. The Kier molecular flexibility index (Phi) is 4.34. The third-order valence-corrected chi connectivity index (χ3v) is 2.30. The fourth-order valence-corrected chi connectivity index (χ4v) is 1.32. The molecule has 0 saturated heterocycles. The van der Waals surface area contributed by atoms with E-state index in [0.717, 1.165) is 11.3 Å². The van der Waals surface area contributed by atoms with Crippen molar-refractivity contribution in [3.63, 3.8) is 0 Å². The first-order valence-electron chi connectivity index (χ1n) is 5.15. The van der Waals surface area contributed by atoms with Gasteiger partial charge in [-0.05, 0) is 35.9 Å². The number of nitrogens with two attached hydrogens (primary N) is 1. The van der Waals surface area contributed by atoms with Gasteiger partial charge in [-0.2, -0.15) is 0 Å². The number of allylic oxidation sites excluding steroid dienone is 1. The Labute approximate surface area is 101 Å². The summed E-state index contributed by atoms with van der Waals surface area (Å²) in [4.78, 5) is 0. The minimum Gasteiger partial charge on any atom is -0.497 e. The summed E-state index contributed by atoms with van der Waals surface area (Å²) in [5.41, 5.74) is 7.79. The first-order valence-corrected chi connectivity index (χ1v) is 5.15. The van der Waals surface area contributed by atoms with Crippen LogP contribution in [0, 0.1) is 5.41 Å². The highest BCUT2D eigenvalue weighted by atomic mass is 16.5. The molecular weight excluding hydrogens is 214 g/mol. The number of nitrogens with one attached hydrogen (secondary N) is 2. The van der Waals surface area contributed by atoms with Crippen LogP contribution in [0.4, 0.5) is 0 Å². The second-order valence-corrected chi connectivity index (χ2v) is 3.48. The van der Waals surface area contributed by atoms with Gasteiger partial charge in [0.1, 0.15) is 5.75 Å². The molecule has 0 bridgehead atoms. The zero-order chi connectivity index (χ0) is 12.8. The van der Waals surface area contributed by atoms with Gasteiger partial charge in [0.15, 0.2) is 0 Å². The highest BCUT2D eigenvalue weighted by Crippen LogP contribution is 2.12. The predicted octanol–water partition coefficient (Wildman–Crippen LogP) is 1.64. The normalized spacial score (nSPS) is 10.8. The van der Waals surface area contributed by atoms with Crippen LogP contribution in [0.3, 0.4) is 0 Å². The van der Waals surface area contributed by atoms with Crippen molar-refractivity contribution in [3.05, 3.63) is 53.9 Å². The van der Waals surface area contributed by atoms with Crippen LogP contribution in [0.15, 0.2) is 48.3 Å². The van der Waals surface area contributed by atoms with Crippen LogP contribution in [-0.2, 0) is 0 Å². The number of ether oxygens (including phenoxy) is 1. The van der Waals surface area contributed by atoms with Crippen molar-refractivity contribution in [2.75, 3.05) is 14.2 Å². The van der Waals surface area contributed by atoms with Crippen LogP contribution in [0.5, 0.6) is 5.75 Å². The minimum atomic E-state index is 0.364. The lowest BCUT2D eigenvalue weighted by molar-refractivity contribution is 0.415. The van der Waals surface area contributed by atoms with Gasteiger partial charge in [-0.1, -0.05) is 6.58 Å². The van der Waals surface area contributed by atoms with E-state index in [-0.39, 0.29) is 0 Å². The zero-order valence-corrected chi connectivity index (χ0v) is 10.1. The summed E-state index contributed by atoms with van der Waals surface area (Å²) < 4.78 is 5.06. The summed E-state index contributed by atoms with van der Waals surface area (Å²) in [6.45, 7) is 3.63. The van der Waals surface area contributed by atoms with Gasteiger partial charge in [0.2, 0.25) is 0 Å². The Balaban J connectivity index is 2.92. The maximum atomic E-state index is 7.93. The molecule has 0 spiro atoms. The van der Waals surface area contributed by atoms with E-state index in [4.69, 9.17) is 15.9 Å². The molecule has 0 fully saturated rings. The summed E-state index contributed by atoms with van der Waals surface area (Å²) in [5, 5.41) is 10.8. The quantitative estimate of drug-likeness (QED) is 0.533. The minimum absolute atomic E-state index is 0.364. The van der Waals surface area contributed by atoms with E-state index in [1.807, 2.05) is 24.3 Å². The van der Waals surface area contributed by atoms with Gasteiger partial charge in [-0.3, -0.25) is 0 Å². The van der Waals surface area contributed by atoms with E-state index in [1.54, 1.807) is 20.2 Å². The molecule has 0 atom stereocenters. The van der Waals surface area contributed by atoms with E-state index in [0.29, 0.717) is 17.1 Å². The average Bonchev–Trinajstić information content (AvgIpc) is 2.35. The van der Waals surface area contributed by atoms with Crippen molar-refractivity contribution in [2.24, 2.45) is 5.73 Å². The molecule has 0 saturated carbocycles. The molecular formula is C13H17N3O. The van der Waals surface area contributed by atoms with E-state index >= 15 is 0 Å².